The number of aromatic hydroxyl groups is 1. The first-order valence-corrected chi connectivity index (χ1v) is 4.74. The molecule has 0 saturated carbocycles. The number of carbonyl (C=O) groups excluding carboxylic acids is 2. The van der Waals surface area contributed by atoms with Crippen LogP contribution in [0.3, 0.4) is 0 Å². The van der Waals surface area contributed by atoms with E-state index in [1.165, 1.54) is 0 Å². The Morgan fingerprint density at radius 1 is 1.44 bits per heavy atom. The highest BCUT2D eigenvalue weighted by Gasteiger charge is 2.26. The summed E-state index contributed by atoms with van der Waals surface area (Å²) in [4.78, 5) is 32.1. The Balaban J connectivity index is 3.42. The van der Waals surface area contributed by atoms with Gasteiger partial charge in [0, 0.05) is 6.92 Å². The number of phenols is 1. The molecule has 0 aromatic heterocycles. The molecule has 0 bridgehead atoms. The molecule has 0 heterocycles. The predicted molar refractivity (Wildman–Crippen MR) is 60.4 cm³/mol. The van der Waals surface area contributed by atoms with E-state index in [1.54, 1.807) is 0 Å². The molecule has 1 aromatic rings. The predicted octanol–water partition coefficient (Wildman–Crippen LogP) is 1.05. The molecule has 1 rings (SSSR count). The Morgan fingerprint density at radius 3 is 2.50 bits per heavy atom. The van der Waals surface area contributed by atoms with Gasteiger partial charge in [0.15, 0.2) is 0 Å². The second kappa shape index (κ2) is 5.13. The van der Waals surface area contributed by atoms with Gasteiger partial charge >= 0.3 is 11.7 Å². The van der Waals surface area contributed by atoms with E-state index in [2.05, 4.69) is 10.1 Å². The van der Waals surface area contributed by atoms with Gasteiger partial charge in [-0.15, -0.1) is 0 Å². The number of ether oxygens (including phenoxy) is 1. The summed E-state index contributed by atoms with van der Waals surface area (Å²) in [6, 6.07) is 2.27. The quantitative estimate of drug-likeness (QED) is 0.472. The van der Waals surface area contributed by atoms with Crippen molar-refractivity contribution < 1.29 is 24.4 Å². The number of nitro groups is 1. The number of nitrogens with zero attached hydrogens (tertiary/aromatic N) is 1. The van der Waals surface area contributed by atoms with Gasteiger partial charge in [-0.25, -0.2) is 4.79 Å². The molecule has 8 nitrogen and oxygen atoms in total. The minimum atomic E-state index is -0.912. The summed E-state index contributed by atoms with van der Waals surface area (Å²) in [5, 5.41) is 22.7. The zero-order valence-corrected chi connectivity index (χ0v) is 9.59. The highest BCUT2D eigenvalue weighted by Crippen LogP contribution is 2.37. The summed E-state index contributed by atoms with van der Waals surface area (Å²) < 4.78 is 4.36. The third kappa shape index (κ3) is 2.54. The van der Waals surface area contributed by atoms with Crippen LogP contribution >= 0.6 is 0 Å². The Morgan fingerprint density at radius 2 is 2.06 bits per heavy atom. The minimum Gasteiger partial charge on any atom is -0.501 e. The second-order valence-corrected chi connectivity index (χ2v) is 3.29. The first-order chi connectivity index (χ1) is 8.38. The van der Waals surface area contributed by atoms with Crippen LogP contribution < -0.4 is 5.32 Å². The zero-order chi connectivity index (χ0) is 13.9. The topological polar surface area (TPSA) is 119 Å². The normalized spacial score (nSPS) is 9.67. The average molecular weight is 254 g/mol. The number of anilines is 1. The molecule has 1 amide bonds. The molecule has 0 unspecified atom stereocenters. The van der Waals surface area contributed by atoms with Crippen LogP contribution in [-0.4, -0.2) is 29.0 Å². The average Bonchev–Trinajstić information content (AvgIpc) is 2.27. The van der Waals surface area contributed by atoms with Crippen LogP contribution in [-0.2, 0) is 9.53 Å². The highest BCUT2D eigenvalue weighted by molar-refractivity contribution is 5.98. The number of benzene rings is 1. The second-order valence-electron chi connectivity index (χ2n) is 3.29. The molecule has 2 N–H and O–H groups in total. The van der Waals surface area contributed by atoms with E-state index in [0.29, 0.717) is 0 Å². The van der Waals surface area contributed by atoms with Crippen molar-refractivity contribution in [1.82, 2.24) is 0 Å². The SMILES string of the molecule is COC(=O)c1ccc(NC(C)=O)c([N+](=O)[O-])c1O. The largest absolute Gasteiger partial charge is 0.501 e. The van der Waals surface area contributed by atoms with Crippen molar-refractivity contribution in [2.75, 3.05) is 12.4 Å². The van der Waals surface area contributed by atoms with Crippen molar-refractivity contribution in [1.29, 1.82) is 0 Å². The number of hydrogen-bond donors (Lipinski definition) is 2. The lowest BCUT2D eigenvalue weighted by Gasteiger charge is -2.07. The number of phenolic OH excluding ortho intramolecular Hbond substituents is 1. The molecule has 0 aliphatic heterocycles. The molecule has 18 heavy (non-hydrogen) atoms. The summed E-state index contributed by atoms with van der Waals surface area (Å²) in [5.41, 5.74) is -1.30. The maximum atomic E-state index is 11.3. The molecule has 0 spiro atoms. The third-order valence-corrected chi connectivity index (χ3v) is 2.05. The lowest BCUT2D eigenvalue weighted by molar-refractivity contribution is -0.385. The highest BCUT2D eigenvalue weighted by atomic mass is 16.6. The fourth-order valence-electron chi connectivity index (χ4n) is 1.33. The van der Waals surface area contributed by atoms with Gasteiger partial charge in [0.2, 0.25) is 11.7 Å². The van der Waals surface area contributed by atoms with Gasteiger partial charge in [0.05, 0.1) is 12.0 Å². The lowest BCUT2D eigenvalue weighted by Crippen LogP contribution is -2.10. The van der Waals surface area contributed by atoms with Gasteiger partial charge in [-0.1, -0.05) is 0 Å². The molecule has 8 heteroatoms. The molecular weight excluding hydrogens is 244 g/mol. The van der Waals surface area contributed by atoms with Gasteiger partial charge in [-0.3, -0.25) is 14.9 Å². The molecule has 0 aliphatic carbocycles. The van der Waals surface area contributed by atoms with Crippen LogP contribution in [0.2, 0.25) is 0 Å². The molecule has 1 aromatic carbocycles. The van der Waals surface area contributed by atoms with Gasteiger partial charge in [-0.05, 0) is 12.1 Å². The summed E-state index contributed by atoms with van der Waals surface area (Å²) >= 11 is 0. The summed E-state index contributed by atoms with van der Waals surface area (Å²) in [5.74, 6) is -2.30. The fraction of sp³-hybridized carbons (Fsp3) is 0.200. The van der Waals surface area contributed by atoms with Crippen LogP contribution in [0, 0.1) is 10.1 Å². The minimum absolute atomic E-state index is 0.197. The molecule has 0 saturated heterocycles. The van der Waals surface area contributed by atoms with Gasteiger partial charge in [0.25, 0.3) is 0 Å². The molecule has 96 valence electrons. The van der Waals surface area contributed by atoms with Crippen LogP contribution in [0.25, 0.3) is 0 Å². The number of nitro benzene ring substituents is 1. The molecule has 0 atom stereocenters. The van der Waals surface area contributed by atoms with E-state index >= 15 is 0 Å². The summed E-state index contributed by atoms with van der Waals surface area (Å²) in [6.07, 6.45) is 0. The Labute approximate surface area is 101 Å². The van der Waals surface area contributed by atoms with Gasteiger partial charge < -0.3 is 15.2 Å². The van der Waals surface area contributed by atoms with Crippen molar-refractivity contribution in [2.45, 2.75) is 6.92 Å². The fourth-order valence-corrected chi connectivity index (χ4v) is 1.33. The van der Waals surface area contributed by atoms with E-state index < -0.39 is 28.2 Å². The smallest absolute Gasteiger partial charge is 0.341 e. The molecular formula is C10H10N2O6. The number of nitrogens with one attached hydrogen (secondary N) is 1. The number of carbonyl (C=O) groups is 2. The summed E-state index contributed by atoms with van der Waals surface area (Å²) in [7, 11) is 1.08. The Bertz CT molecular complexity index is 525. The first-order valence-electron chi connectivity index (χ1n) is 4.74. The monoisotopic (exact) mass is 254 g/mol. The van der Waals surface area contributed by atoms with E-state index in [1.807, 2.05) is 0 Å². The van der Waals surface area contributed by atoms with Crippen molar-refractivity contribution >= 4 is 23.3 Å². The van der Waals surface area contributed by atoms with Crippen LogP contribution in [0.1, 0.15) is 17.3 Å². The summed E-state index contributed by atoms with van der Waals surface area (Å²) in [6.45, 7) is 1.16. The maximum Gasteiger partial charge on any atom is 0.341 e. The Kier molecular flexibility index (Phi) is 3.82. The van der Waals surface area contributed by atoms with E-state index in [9.17, 15) is 24.8 Å². The van der Waals surface area contributed by atoms with E-state index in [-0.39, 0.29) is 11.3 Å². The van der Waals surface area contributed by atoms with Crippen LogP contribution in [0.5, 0.6) is 5.75 Å². The number of amides is 1. The van der Waals surface area contributed by atoms with Crippen molar-refractivity contribution in [3.8, 4) is 5.75 Å². The maximum absolute atomic E-state index is 11.3. The van der Waals surface area contributed by atoms with Crippen molar-refractivity contribution in [3.63, 3.8) is 0 Å². The van der Waals surface area contributed by atoms with Gasteiger partial charge in [0.1, 0.15) is 11.3 Å². The van der Waals surface area contributed by atoms with Crippen molar-refractivity contribution in [2.24, 2.45) is 0 Å². The van der Waals surface area contributed by atoms with Crippen molar-refractivity contribution in [3.05, 3.63) is 27.8 Å². The van der Waals surface area contributed by atoms with E-state index in [4.69, 9.17) is 0 Å². The number of esters is 1. The van der Waals surface area contributed by atoms with Crippen LogP contribution in [0.4, 0.5) is 11.4 Å². The number of rotatable bonds is 3. The zero-order valence-electron chi connectivity index (χ0n) is 9.59. The Hall–Kier alpha value is -2.64. The molecule has 0 aliphatic rings. The third-order valence-electron chi connectivity index (χ3n) is 2.05. The number of methoxy groups -OCH3 is 1. The standard InChI is InChI=1S/C10H10N2O6/c1-5(13)11-7-4-3-6(10(15)18-2)9(14)8(7)12(16)17/h3-4,14H,1-2H3,(H,11,13). The number of hydrogen-bond acceptors (Lipinski definition) is 6. The molecule has 0 radical (unpaired) electrons. The van der Waals surface area contributed by atoms with Gasteiger partial charge in [-0.2, -0.15) is 0 Å². The molecule has 0 fully saturated rings. The lowest BCUT2D eigenvalue weighted by atomic mass is 10.1. The van der Waals surface area contributed by atoms with Crippen LogP contribution in [0.15, 0.2) is 12.1 Å². The first kappa shape index (κ1) is 13.4. The van der Waals surface area contributed by atoms with E-state index in [0.717, 1.165) is 26.2 Å².